The molecular formula is C35H22N6Na2O7S. The van der Waals surface area contributed by atoms with Crippen LogP contribution in [-0.4, -0.2) is 24.0 Å². The van der Waals surface area contributed by atoms with Crippen LogP contribution in [0.1, 0.15) is 10.4 Å². The fraction of sp³-hybridized carbons (Fsp3) is 0. The third-order valence-electron chi connectivity index (χ3n) is 7.17. The van der Waals surface area contributed by atoms with Crippen molar-refractivity contribution in [3.63, 3.8) is 0 Å². The minimum Gasteiger partial charge on any atom is -0.872 e. The molecule has 0 aromatic heterocycles. The standard InChI is InChI=1S/C35H24N6O7S.2Na/c42-27-12-9-25(10-13-27)38-41-33-17-16-32(29-15-14-28(20-30(29)33)49(46,47)48)40-37-24-7-3-22(4-8-24)21-1-5-23(6-2-21)36-39-26-11-18-34(43)31(19-26)35(44)45;;/h1-20,42-43H,(H,44,45)(H,46,47,48);;/q;2*+1/p-2. The summed E-state index contributed by atoms with van der Waals surface area (Å²) < 4.78 is 33.3. The predicted octanol–water partition coefficient (Wildman–Crippen LogP) is 2.85. The van der Waals surface area contributed by atoms with E-state index >= 15 is 0 Å². The molecule has 0 radical (unpaired) electrons. The molecule has 0 heterocycles. The van der Waals surface area contributed by atoms with E-state index in [-0.39, 0.29) is 81.0 Å². The smallest absolute Gasteiger partial charge is 0.872 e. The Morgan fingerprint density at radius 3 is 1.49 bits per heavy atom. The number of azo groups is 3. The van der Waals surface area contributed by atoms with Crippen LogP contribution in [0.3, 0.4) is 0 Å². The molecule has 0 saturated carbocycles. The summed E-state index contributed by atoms with van der Waals surface area (Å²) in [5.74, 6) is -2.11. The average Bonchev–Trinajstić information content (AvgIpc) is 3.10. The van der Waals surface area contributed by atoms with Crippen LogP contribution in [0.15, 0.2) is 157 Å². The summed E-state index contributed by atoms with van der Waals surface area (Å²) in [4.78, 5) is 10.9. The molecule has 242 valence electrons. The van der Waals surface area contributed by atoms with Crippen molar-refractivity contribution in [3.8, 4) is 22.6 Å². The number of carbonyl (C=O) groups is 1. The average molecular weight is 717 g/mol. The molecule has 13 nitrogen and oxygen atoms in total. The van der Waals surface area contributed by atoms with E-state index in [1.807, 2.05) is 24.3 Å². The van der Waals surface area contributed by atoms with Gasteiger partial charge in [-0.05, 0) is 83.9 Å². The number of carboxylic acid groups (broad SMARTS) is 1. The monoisotopic (exact) mass is 716 g/mol. The number of rotatable bonds is 9. The second-order valence-electron chi connectivity index (χ2n) is 10.5. The van der Waals surface area contributed by atoms with Crippen molar-refractivity contribution in [3.05, 3.63) is 127 Å². The van der Waals surface area contributed by atoms with Gasteiger partial charge in [0.15, 0.2) is 0 Å². The first-order valence-corrected chi connectivity index (χ1v) is 15.8. The maximum Gasteiger partial charge on any atom is 1.00 e. The van der Waals surface area contributed by atoms with E-state index in [4.69, 9.17) is 5.11 Å². The molecule has 0 saturated heterocycles. The van der Waals surface area contributed by atoms with Crippen molar-refractivity contribution in [2.45, 2.75) is 4.90 Å². The molecule has 6 rings (SSSR count). The first-order chi connectivity index (χ1) is 23.5. The summed E-state index contributed by atoms with van der Waals surface area (Å²) >= 11 is 0. The topological polar surface area (TPSA) is 212 Å². The van der Waals surface area contributed by atoms with E-state index in [9.17, 15) is 28.0 Å². The van der Waals surface area contributed by atoms with Gasteiger partial charge in [-0.1, -0.05) is 54.3 Å². The van der Waals surface area contributed by atoms with Crippen LogP contribution in [0, 0.1) is 0 Å². The number of nitrogens with zero attached hydrogens (tertiary/aromatic N) is 6. The van der Waals surface area contributed by atoms with Crippen molar-refractivity contribution >= 4 is 61.0 Å². The van der Waals surface area contributed by atoms with Gasteiger partial charge in [0.2, 0.25) is 0 Å². The van der Waals surface area contributed by atoms with Crippen molar-refractivity contribution in [2.24, 2.45) is 30.7 Å². The first-order valence-electron chi connectivity index (χ1n) is 14.3. The molecule has 0 unspecified atom stereocenters. The quantitative estimate of drug-likeness (QED) is 0.130. The minimum atomic E-state index is -4.50. The van der Waals surface area contributed by atoms with Gasteiger partial charge in [-0.15, -0.1) is 16.0 Å². The van der Waals surface area contributed by atoms with Gasteiger partial charge in [-0.3, -0.25) is 4.55 Å². The van der Waals surface area contributed by atoms with Gasteiger partial charge in [-0.2, -0.15) is 28.9 Å². The Morgan fingerprint density at radius 2 is 0.980 bits per heavy atom. The maximum atomic E-state index is 11.9. The molecule has 0 atom stereocenters. The third-order valence-corrected chi connectivity index (χ3v) is 8.02. The van der Waals surface area contributed by atoms with E-state index in [1.165, 1.54) is 54.6 Å². The van der Waals surface area contributed by atoms with Crippen LogP contribution in [0.25, 0.3) is 21.9 Å². The van der Waals surface area contributed by atoms with Crippen LogP contribution < -0.4 is 69.3 Å². The Balaban J connectivity index is 0.00000292. The molecule has 6 aromatic rings. The number of fused-ring (bicyclic) bond motifs is 1. The number of benzene rings is 6. The maximum absolute atomic E-state index is 11.9. The summed E-state index contributed by atoms with van der Waals surface area (Å²) in [5.41, 5.74) is 3.88. The molecule has 0 aliphatic rings. The van der Waals surface area contributed by atoms with E-state index in [0.717, 1.165) is 17.2 Å². The molecule has 16 heteroatoms. The SMILES string of the molecule is O=C(O)c1cc(N=Nc2ccc(-c3ccc(N=Nc4ccc(N=Nc5ccc([O-])cc5)c5cc(S(=O)(=O)O)ccc45)cc3)cc2)ccc1[O-].[Na+].[Na+]. The minimum absolute atomic E-state index is 0. The molecule has 2 N–H and O–H groups in total. The second kappa shape index (κ2) is 17.0. The Bertz CT molecular complexity index is 2410. The van der Waals surface area contributed by atoms with Gasteiger partial charge in [0.05, 0.1) is 44.6 Å². The number of hydrogen-bond donors (Lipinski definition) is 2. The Hall–Kier alpha value is -4.64. The van der Waals surface area contributed by atoms with Crippen molar-refractivity contribution in [1.29, 1.82) is 0 Å². The third kappa shape index (κ3) is 9.78. The zero-order valence-electron chi connectivity index (χ0n) is 27.1. The van der Waals surface area contributed by atoms with Crippen LogP contribution >= 0.6 is 0 Å². The van der Waals surface area contributed by atoms with E-state index in [0.29, 0.717) is 39.2 Å². The van der Waals surface area contributed by atoms with Gasteiger partial charge in [0, 0.05) is 10.8 Å². The Labute approximate surface area is 335 Å². The fourth-order valence-corrected chi connectivity index (χ4v) is 5.18. The molecular weight excluding hydrogens is 694 g/mol. The van der Waals surface area contributed by atoms with E-state index in [2.05, 4.69) is 30.7 Å². The number of aromatic carboxylic acids is 1. The van der Waals surface area contributed by atoms with Crippen LogP contribution in [0.4, 0.5) is 34.1 Å². The fourth-order valence-electron chi connectivity index (χ4n) is 4.67. The predicted molar refractivity (Wildman–Crippen MR) is 177 cm³/mol. The normalized spacial score (nSPS) is 11.5. The molecule has 0 amide bonds. The van der Waals surface area contributed by atoms with Gasteiger partial charge in [0.1, 0.15) is 0 Å². The van der Waals surface area contributed by atoms with Gasteiger partial charge < -0.3 is 15.3 Å². The van der Waals surface area contributed by atoms with Gasteiger partial charge in [-0.25, -0.2) is 4.79 Å². The van der Waals surface area contributed by atoms with E-state index < -0.39 is 21.8 Å². The Kier molecular flexibility index (Phi) is 13.1. The van der Waals surface area contributed by atoms with E-state index in [1.54, 1.807) is 36.4 Å². The number of carboxylic acids is 1. The van der Waals surface area contributed by atoms with Gasteiger partial charge >= 0.3 is 65.1 Å². The zero-order chi connectivity index (χ0) is 34.5. The first kappa shape index (κ1) is 39.2. The molecule has 0 spiro atoms. The summed E-state index contributed by atoms with van der Waals surface area (Å²) in [7, 11) is -4.50. The molecule has 6 aromatic carbocycles. The van der Waals surface area contributed by atoms with Crippen molar-refractivity contribution in [1.82, 2.24) is 0 Å². The Morgan fingerprint density at radius 1 is 0.529 bits per heavy atom. The zero-order valence-corrected chi connectivity index (χ0v) is 31.9. The molecule has 51 heavy (non-hydrogen) atoms. The summed E-state index contributed by atoms with van der Waals surface area (Å²) in [6, 6.07) is 31.2. The van der Waals surface area contributed by atoms with Crippen molar-refractivity contribution < 1.29 is 92.2 Å². The number of hydrogen-bond acceptors (Lipinski definition) is 11. The van der Waals surface area contributed by atoms with Crippen LogP contribution in [-0.2, 0) is 10.1 Å². The molecule has 0 aliphatic heterocycles. The van der Waals surface area contributed by atoms with Crippen LogP contribution in [0.5, 0.6) is 11.5 Å². The summed E-state index contributed by atoms with van der Waals surface area (Å²) in [6.45, 7) is 0. The summed E-state index contributed by atoms with van der Waals surface area (Å²) in [6.07, 6.45) is 0. The largest absolute Gasteiger partial charge is 1.00 e. The summed E-state index contributed by atoms with van der Waals surface area (Å²) in [5, 5.41) is 58.3. The van der Waals surface area contributed by atoms with Gasteiger partial charge in [0.25, 0.3) is 10.1 Å². The second-order valence-corrected chi connectivity index (χ2v) is 11.9. The molecule has 0 fully saturated rings. The van der Waals surface area contributed by atoms with Crippen molar-refractivity contribution in [2.75, 3.05) is 0 Å². The molecule has 0 bridgehead atoms. The molecule has 0 aliphatic carbocycles. The van der Waals surface area contributed by atoms with Crippen LogP contribution in [0.2, 0.25) is 0 Å².